The number of nitrogen functional groups attached to an aromatic ring is 1. The second-order valence-electron chi connectivity index (χ2n) is 2.88. The molecule has 0 amide bonds. The Morgan fingerprint density at radius 1 is 1.57 bits per heavy atom. The number of halogens is 1. The van der Waals surface area contributed by atoms with Crippen molar-refractivity contribution in [2.45, 2.75) is 13.5 Å². The molecule has 14 heavy (non-hydrogen) atoms. The van der Waals surface area contributed by atoms with Gasteiger partial charge in [0.1, 0.15) is 5.82 Å². The number of aromatic nitrogens is 3. The Balaban J connectivity index is 2.22. The number of rotatable bonds is 2. The Morgan fingerprint density at radius 2 is 2.36 bits per heavy atom. The van der Waals surface area contributed by atoms with Gasteiger partial charge in [-0.2, -0.15) is 5.10 Å². The highest BCUT2D eigenvalue weighted by Gasteiger charge is 2.06. The zero-order valence-corrected chi connectivity index (χ0v) is 9.97. The molecule has 0 aromatic carbocycles. The topological polar surface area (TPSA) is 56.7 Å². The third-order valence-corrected chi connectivity index (χ3v) is 3.32. The summed E-state index contributed by atoms with van der Waals surface area (Å²) < 4.78 is 2.58. The van der Waals surface area contributed by atoms with Gasteiger partial charge >= 0.3 is 0 Å². The van der Waals surface area contributed by atoms with E-state index in [9.17, 15) is 0 Å². The van der Waals surface area contributed by atoms with Gasteiger partial charge in [-0.05, 0) is 22.9 Å². The SMILES string of the molecule is Cc1ncc(Cn2ncc(Br)c2N)s1. The Labute approximate surface area is 93.9 Å². The smallest absolute Gasteiger partial charge is 0.136 e. The lowest BCUT2D eigenvalue weighted by molar-refractivity contribution is 0.704. The van der Waals surface area contributed by atoms with Gasteiger partial charge in [0, 0.05) is 11.1 Å². The summed E-state index contributed by atoms with van der Waals surface area (Å²) in [6.45, 7) is 2.67. The van der Waals surface area contributed by atoms with Crippen molar-refractivity contribution in [1.29, 1.82) is 0 Å². The molecular formula is C8H9BrN4S. The van der Waals surface area contributed by atoms with Crippen LogP contribution in [0.3, 0.4) is 0 Å². The van der Waals surface area contributed by atoms with Crippen LogP contribution >= 0.6 is 27.3 Å². The lowest BCUT2D eigenvalue weighted by atomic mass is 10.5. The molecule has 0 unspecified atom stereocenters. The van der Waals surface area contributed by atoms with Gasteiger partial charge in [-0.15, -0.1) is 11.3 Å². The van der Waals surface area contributed by atoms with Crippen LogP contribution in [0.25, 0.3) is 0 Å². The largest absolute Gasteiger partial charge is 0.383 e. The maximum Gasteiger partial charge on any atom is 0.136 e. The maximum absolute atomic E-state index is 5.80. The molecule has 4 nitrogen and oxygen atoms in total. The summed E-state index contributed by atoms with van der Waals surface area (Å²) >= 11 is 4.97. The van der Waals surface area contributed by atoms with Crippen LogP contribution in [0, 0.1) is 6.92 Å². The quantitative estimate of drug-likeness (QED) is 0.911. The molecular weight excluding hydrogens is 264 g/mol. The Kier molecular flexibility index (Phi) is 2.56. The van der Waals surface area contributed by atoms with E-state index in [0.29, 0.717) is 12.4 Å². The van der Waals surface area contributed by atoms with Crippen LogP contribution in [0.4, 0.5) is 5.82 Å². The van der Waals surface area contributed by atoms with E-state index >= 15 is 0 Å². The molecule has 0 saturated heterocycles. The first-order valence-corrected chi connectivity index (χ1v) is 5.66. The second kappa shape index (κ2) is 3.70. The van der Waals surface area contributed by atoms with Gasteiger partial charge < -0.3 is 5.73 Å². The van der Waals surface area contributed by atoms with E-state index in [1.54, 1.807) is 22.2 Å². The highest BCUT2D eigenvalue weighted by atomic mass is 79.9. The first kappa shape index (κ1) is 9.67. The molecule has 0 fully saturated rings. The molecule has 0 aliphatic rings. The van der Waals surface area contributed by atoms with Crippen molar-refractivity contribution in [3.05, 3.63) is 26.8 Å². The number of aryl methyl sites for hydroxylation is 1. The van der Waals surface area contributed by atoms with Crippen LogP contribution in [0.1, 0.15) is 9.88 Å². The van der Waals surface area contributed by atoms with E-state index < -0.39 is 0 Å². The lowest BCUT2D eigenvalue weighted by Gasteiger charge is -2.00. The number of anilines is 1. The Morgan fingerprint density at radius 3 is 2.86 bits per heavy atom. The summed E-state index contributed by atoms with van der Waals surface area (Å²) in [4.78, 5) is 5.33. The van der Waals surface area contributed by atoms with Crippen LogP contribution in [-0.2, 0) is 6.54 Å². The van der Waals surface area contributed by atoms with Crippen molar-refractivity contribution < 1.29 is 0 Å². The predicted octanol–water partition coefficient (Wildman–Crippen LogP) is 2.04. The van der Waals surface area contributed by atoms with Crippen molar-refractivity contribution in [3.63, 3.8) is 0 Å². The van der Waals surface area contributed by atoms with Crippen LogP contribution in [0.15, 0.2) is 16.9 Å². The average molecular weight is 273 g/mol. The van der Waals surface area contributed by atoms with Crippen LogP contribution in [0.5, 0.6) is 0 Å². The van der Waals surface area contributed by atoms with Gasteiger partial charge in [0.05, 0.1) is 22.2 Å². The third kappa shape index (κ3) is 1.80. The van der Waals surface area contributed by atoms with Gasteiger partial charge in [0.25, 0.3) is 0 Å². The summed E-state index contributed by atoms with van der Waals surface area (Å²) in [7, 11) is 0. The fourth-order valence-corrected chi connectivity index (χ4v) is 2.20. The van der Waals surface area contributed by atoms with E-state index in [-0.39, 0.29) is 0 Å². The first-order valence-electron chi connectivity index (χ1n) is 4.05. The number of hydrogen-bond acceptors (Lipinski definition) is 4. The molecule has 74 valence electrons. The summed E-state index contributed by atoms with van der Waals surface area (Å²) in [6, 6.07) is 0. The summed E-state index contributed by atoms with van der Waals surface area (Å²) in [5.41, 5.74) is 5.80. The van der Waals surface area contributed by atoms with Crippen molar-refractivity contribution in [3.8, 4) is 0 Å². The summed E-state index contributed by atoms with van der Waals surface area (Å²) in [5, 5.41) is 5.20. The fraction of sp³-hybridized carbons (Fsp3) is 0.250. The van der Waals surface area contributed by atoms with E-state index in [2.05, 4.69) is 26.0 Å². The van der Waals surface area contributed by atoms with Crippen LogP contribution in [-0.4, -0.2) is 14.8 Å². The second-order valence-corrected chi connectivity index (χ2v) is 5.05. The van der Waals surface area contributed by atoms with Gasteiger partial charge in [0.15, 0.2) is 0 Å². The molecule has 0 atom stereocenters. The molecule has 2 rings (SSSR count). The number of nitrogens with two attached hydrogens (primary N) is 1. The highest BCUT2D eigenvalue weighted by Crippen LogP contribution is 2.20. The predicted molar refractivity (Wildman–Crippen MR) is 60.3 cm³/mol. The molecule has 0 aliphatic carbocycles. The molecule has 0 aliphatic heterocycles. The van der Waals surface area contributed by atoms with Gasteiger partial charge in [-0.25, -0.2) is 9.67 Å². The minimum atomic E-state index is 0.649. The third-order valence-electron chi connectivity index (χ3n) is 1.81. The zero-order valence-electron chi connectivity index (χ0n) is 7.57. The van der Waals surface area contributed by atoms with E-state index in [4.69, 9.17) is 5.73 Å². The fourth-order valence-electron chi connectivity index (χ4n) is 1.12. The van der Waals surface area contributed by atoms with Crippen molar-refractivity contribution in [2.75, 3.05) is 5.73 Å². The van der Waals surface area contributed by atoms with Gasteiger partial charge in [-0.1, -0.05) is 0 Å². The summed E-state index contributed by atoms with van der Waals surface area (Å²) in [5.74, 6) is 0.649. The number of nitrogens with zero attached hydrogens (tertiary/aromatic N) is 3. The van der Waals surface area contributed by atoms with Crippen molar-refractivity contribution in [2.24, 2.45) is 0 Å². The zero-order chi connectivity index (χ0) is 10.1. The minimum absolute atomic E-state index is 0.649. The Bertz CT molecular complexity index is 448. The number of thiazole rings is 1. The first-order chi connectivity index (χ1) is 6.66. The molecule has 2 aromatic heterocycles. The highest BCUT2D eigenvalue weighted by molar-refractivity contribution is 9.10. The maximum atomic E-state index is 5.80. The Hall–Kier alpha value is -0.880. The molecule has 2 aromatic rings. The molecule has 0 bridgehead atoms. The minimum Gasteiger partial charge on any atom is -0.383 e. The van der Waals surface area contributed by atoms with Crippen LogP contribution in [0.2, 0.25) is 0 Å². The monoisotopic (exact) mass is 272 g/mol. The molecule has 0 spiro atoms. The van der Waals surface area contributed by atoms with E-state index in [0.717, 1.165) is 14.4 Å². The number of hydrogen-bond donors (Lipinski definition) is 1. The standard InChI is InChI=1S/C8H9BrN4S/c1-5-11-2-6(14-5)4-13-8(10)7(9)3-12-13/h2-3H,4,10H2,1H3. The van der Waals surface area contributed by atoms with E-state index in [1.807, 2.05) is 13.1 Å². The van der Waals surface area contributed by atoms with Gasteiger partial charge in [-0.3, -0.25) is 0 Å². The lowest BCUT2D eigenvalue weighted by Crippen LogP contribution is -2.04. The van der Waals surface area contributed by atoms with Crippen molar-refractivity contribution in [1.82, 2.24) is 14.8 Å². The van der Waals surface area contributed by atoms with E-state index in [1.165, 1.54) is 0 Å². The van der Waals surface area contributed by atoms with Crippen molar-refractivity contribution >= 4 is 33.1 Å². The molecule has 2 heterocycles. The normalized spacial score (nSPS) is 10.7. The molecule has 0 radical (unpaired) electrons. The van der Waals surface area contributed by atoms with Gasteiger partial charge in [0.2, 0.25) is 0 Å². The molecule has 2 N–H and O–H groups in total. The van der Waals surface area contributed by atoms with Crippen LogP contribution < -0.4 is 5.73 Å². The molecule has 6 heteroatoms. The summed E-state index contributed by atoms with van der Waals surface area (Å²) in [6.07, 6.45) is 3.55. The average Bonchev–Trinajstić information content (AvgIpc) is 2.67. The molecule has 0 saturated carbocycles.